The standard InChI is InChI=1S/C18H21N4O4.Al/c23-12-21-6-4-20(5-7-21)11-17-19-15-2-1-13(18(24)25)9-16(15)22(17)10-14-3-8-26-14;/h1-2,9,14H,3-8,10-11H2,(H,24,25);/t14-;/m0./s1. The molecule has 2 aliphatic rings. The SMILES string of the molecule is O=C(O)c1ccc2nc(CN3CCN([C](=O)[Al])CC3)n(C[C@@H]3CCO3)c2c1. The van der Waals surface area contributed by atoms with Gasteiger partial charge in [-0.25, -0.2) is 9.78 Å². The third kappa shape index (κ3) is 3.87. The highest BCUT2D eigenvalue weighted by Gasteiger charge is 2.24. The molecule has 0 aliphatic carbocycles. The predicted octanol–water partition coefficient (Wildman–Crippen LogP) is 0.929. The number of ether oxygens (including phenoxy) is 1. The molecule has 3 heterocycles. The number of aromatic carboxylic acids is 1. The molecule has 2 radical (unpaired) electrons. The second-order valence-electron chi connectivity index (χ2n) is 7.03. The highest BCUT2D eigenvalue weighted by Crippen LogP contribution is 2.23. The van der Waals surface area contributed by atoms with E-state index in [1.54, 1.807) is 18.2 Å². The summed E-state index contributed by atoms with van der Waals surface area (Å²) in [6.07, 6.45) is 1.16. The van der Waals surface area contributed by atoms with Crippen LogP contribution in [0.25, 0.3) is 11.0 Å². The van der Waals surface area contributed by atoms with Gasteiger partial charge in [0.25, 0.3) is 16.3 Å². The number of nitrogens with zero attached hydrogens (tertiary/aromatic N) is 4. The van der Waals surface area contributed by atoms with Crippen molar-refractivity contribution in [3.8, 4) is 0 Å². The van der Waals surface area contributed by atoms with E-state index >= 15 is 0 Å². The Hall–Kier alpha value is -1.92. The number of hydrogen-bond donors (Lipinski definition) is 1. The molecule has 9 heteroatoms. The zero-order valence-corrected chi connectivity index (χ0v) is 16.2. The number of aromatic nitrogens is 2. The second kappa shape index (κ2) is 7.60. The van der Waals surface area contributed by atoms with Gasteiger partial charge in [-0.2, -0.15) is 0 Å². The Morgan fingerprint density at radius 2 is 2.00 bits per heavy atom. The van der Waals surface area contributed by atoms with Crippen LogP contribution in [-0.2, 0) is 17.8 Å². The zero-order chi connectivity index (χ0) is 19.0. The number of rotatable bonds is 5. The molecular formula is C18H21AlN4O4. The van der Waals surface area contributed by atoms with E-state index in [0.717, 1.165) is 43.0 Å². The van der Waals surface area contributed by atoms with Crippen molar-refractivity contribution in [3.05, 3.63) is 29.6 Å². The molecular weight excluding hydrogens is 363 g/mol. The molecule has 1 amide bonds. The lowest BCUT2D eigenvalue weighted by Crippen LogP contribution is -2.48. The summed E-state index contributed by atoms with van der Waals surface area (Å²) in [6.45, 7) is 5.13. The summed E-state index contributed by atoms with van der Waals surface area (Å²) in [5.74, 6) is -0.0296. The topological polar surface area (TPSA) is 87.9 Å². The van der Waals surface area contributed by atoms with Gasteiger partial charge < -0.3 is 24.1 Å². The van der Waals surface area contributed by atoms with Gasteiger partial charge in [0.15, 0.2) is 0 Å². The van der Waals surface area contributed by atoms with E-state index in [0.29, 0.717) is 26.2 Å². The summed E-state index contributed by atoms with van der Waals surface area (Å²) in [6, 6.07) is 5.05. The largest absolute Gasteiger partial charge is 0.478 e. The molecule has 2 fully saturated rings. The number of carbonyl (C=O) groups is 2. The summed E-state index contributed by atoms with van der Waals surface area (Å²) in [5.41, 5.74) is 1.89. The Labute approximate surface area is 165 Å². The quantitative estimate of drug-likeness (QED) is 0.772. The monoisotopic (exact) mass is 384 g/mol. The number of imidazole rings is 1. The molecule has 2 saturated heterocycles. The summed E-state index contributed by atoms with van der Waals surface area (Å²) < 4.78 is 7.72. The van der Waals surface area contributed by atoms with Crippen molar-refractivity contribution >= 4 is 38.1 Å². The van der Waals surface area contributed by atoms with Gasteiger partial charge in [-0.1, -0.05) is 0 Å². The van der Waals surface area contributed by atoms with Crippen LogP contribution in [0.3, 0.4) is 0 Å². The van der Waals surface area contributed by atoms with Crippen molar-refractivity contribution in [3.63, 3.8) is 0 Å². The fourth-order valence-corrected chi connectivity index (χ4v) is 3.85. The van der Waals surface area contributed by atoms with Gasteiger partial charge in [0.05, 0.1) is 40.6 Å². The number of amides is 1. The van der Waals surface area contributed by atoms with Crippen molar-refractivity contribution in [1.82, 2.24) is 19.4 Å². The summed E-state index contributed by atoms with van der Waals surface area (Å²) in [5, 5.41) is 9.32. The van der Waals surface area contributed by atoms with Crippen molar-refractivity contribution in [2.75, 3.05) is 32.8 Å². The molecule has 0 unspecified atom stereocenters. The number of hydrogen-bond acceptors (Lipinski definition) is 5. The molecule has 1 aromatic carbocycles. The normalized spacial score (nSPS) is 20.6. The maximum atomic E-state index is 11.5. The first-order chi connectivity index (χ1) is 13.0. The molecule has 0 saturated carbocycles. The number of fused-ring (bicyclic) bond motifs is 1. The zero-order valence-electron chi connectivity index (χ0n) is 15.0. The van der Waals surface area contributed by atoms with Gasteiger partial charge in [0.1, 0.15) is 5.82 Å². The van der Waals surface area contributed by atoms with Crippen LogP contribution >= 0.6 is 0 Å². The first-order valence-corrected chi connectivity index (χ1v) is 9.70. The molecule has 4 rings (SSSR count). The van der Waals surface area contributed by atoms with Crippen LogP contribution in [0.4, 0.5) is 4.79 Å². The van der Waals surface area contributed by atoms with E-state index < -0.39 is 5.97 Å². The lowest BCUT2D eigenvalue weighted by Gasteiger charge is -2.35. The molecule has 0 spiro atoms. The Kier molecular flexibility index (Phi) is 5.19. The molecule has 1 N–H and O–H groups in total. The smallest absolute Gasteiger partial charge is 0.335 e. The molecule has 2 aliphatic heterocycles. The Morgan fingerprint density at radius 1 is 1.26 bits per heavy atom. The lowest BCUT2D eigenvalue weighted by atomic mass is 10.1. The molecule has 0 bridgehead atoms. The molecule has 8 nitrogen and oxygen atoms in total. The van der Waals surface area contributed by atoms with E-state index in [1.807, 2.05) is 4.90 Å². The molecule has 27 heavy (non-hydrogen) atoms. The fourth-order valence-electron chi connectivity index (χ4n) is 3.59. The fraction of sp³-hybridized carbons (Fsp3) is 0.500. The second-order valence-corrected chi connectivity index (χ2v) is 7.52. The van der Waals surface area contributed by atoms with Crippen LogP contribution in [0.5, 0.6) is 0 Å². The summed E-state index contributed by atoms with van der Waals surface area (Å²) in [7, 11) is 0. The third-order valence-corrected chi connectivity index (χ3v) is 5.67. The molecule has 1 aromatic heterocycles. The molecule has 2 aromatic rings. The number of carboxylic acid groups (broad SMARTS) is 1. The van der Waals surface area contributed by atoms with Crippen LogP contribution in [0.2, 0.25) is 0 Å². The average Bonchev–Trinajstić information content (AvgIpc) is 2.94. The molecule has 1 atom stereocenters. The Bertz CT molecular complexity index is 872. The average molecular weight is 384 g/mol. The summed E-state index contributed by atoms with van der Waals surface area (Å²) in [4.78, 5) is 31.7. The minimum atomic E-state index is -0.940. The van der Waals surface area contributed by atoms with Crippen molar-refractivity contribution < 1.29 is 19.4 Å². The van der Waals surface area contributed by atoms with Crippen molar-refractivity contribution in [1.29, 1.82) is 0 Å². The summed E-state index contributed by atoms with van der Waals surface area (Å²) >= 11 is 2.23. The van der Waals surface area contributed by atoms with Crippen LogP contribution in [-0.4, -0.2) is 90.4 Å². The van der Waals surface area contributed by atoms with Crippen LogP contribution in [0, 0.1) is 0 Å². The van der Waals surface area contributed by atoms with Crippen LogP contribution < -0.4 is 0 Å². The Balaban J connectivity index is 1.59. The third-order valence-electron chi connectivity index (χ3n) is 5.30. The van der Waals surface area contributed by atoms with E-state index in [2.05, 4.69) is 25.8 Å². The van der Waals surface area contributed by atoms with Gasteiger partial charge in [-0.3, -0.25) is 4.90 Å². The van der Waals surface area contributed by atoms with Crippen molar-refractivity contribution in [2.24, 2.45) is 0 Å². The number of piperazine rings is 1. The van der Waals surface area contributed by atoms with E-state index in [-0.39, 0.29) is 16.4 Å². The number of carboxylic acids is 1. The first-order valence-electron chi connectivity index (χ1n) is 9.12. The number of carbonyl (C=O) groups excluding carboxylic acids is 1. The van der Waals surface area contributed by atoms with Gasteiger partial charge in [0.2, 0.25) is 0 Å². The highest BCUT2D eigenvalue weighted by molar-refractivity contribution is 6.56. The maximum Gasteiger partial charge on any atom is 0.335 e. The molecule has 140 valence electrons. The number of benzene rings is 1. The van der Waals surface area contributed by atoms with Gasteiger partial charge in [-0.15, -0.1) is 0 Å². The van der Waals surface area contributed by atoms with E-state index in [4.69, 9.17) is 9.72 Å². The van der Waals surface area contributed by atoms with E-state index in [9.17, 15) is 14.7 Å². The lowest BCUT2D eigenvalue weighted by molar-refractivity contribution is -0.0592. The van der Waals surface area contributed by atoms with Gasteiger partial charge in [0, 0.05) is 32.8 Å². The van der Waals surface area contributed by atoms with Crippen LogP contribution in [0.15, 0.2) is 18.2 Å². The predicted molar refractivity (Wildman–Crippen MR) is 99.0 cm³/mol. The Morgan fingerprint density at radius 3 is 2.59 bits per heavy atom. The van der Waals surface area contributed by atoms with E-state index in [1.165, 1.54) is 0 Å². The van der Waals surface area contributed by atoms with Gasteiger partial charge in [-0.05, 0) is 24.6 Å². The van der Waals surface area contributed by atoms with Crippen molar-refractivity contribution in [2.45, 2.75) is 25.6 Å². The minimum absolute atomic E-state index is 0.0326. The van der Waals surface area contributed by atoms with Crippen LogP contribution in [0.1, 0.15) is 22.6 Å². The highest BCUT2D eigenvalue weighted by atomic mass is 27.0. The minimum Gasteiger partial charge on any atom is -0.478 e. The van der Waals surface area contributed by atoms with Gasteiger partial charge >= 0.3 is 5.97 Å². The maximum absolute atomic E-state index is 11.5. The first kappa shape index (κ1) is 18.4.